The Morgan fingerprint density at radius 1 is 1.24 bits per heavy atom. The number of rotatable bonds is 1. The van der Waals surface area contributed by atoms with Gasteiger partial charge in [0.15, 0.2) is 0 Å². The summed E-state index contributed by atoms with van der Waals surface area (Å²) >= 11 is 0. The lowest BCUT2D eigenvalue weighted by Gasteiger charge is -2.19. The number of hydrogen-bond acceptors (Lipinski definition) is 3. The van der Waals surface area contributed by atoms with Crippen molar-refractivity contribution < 1.29 is 26.4 Å². The lowest BCUT2D eigenvalue weighted by atomic mass is 10.0. The molecule has 0 N–H and O–H groups in total. The second-order valence-corrected chi connectivity index (χ2v) is 6.87. The summed E-state index contributed by atoms with van der Waals surface area (Å²) in [5.41, 5.74) is -4.10. The van der Waals surface area contributed by atoms with Crippen LogP contribution in [0.5, 0.6) is 0 Å². The zero-order valence-electron chi connectivity index (χ0n) is 11.3. The van der Waals surface area contributed by atoms with Gasteiger partial charge in [0.25, 0.3) is 9.84 Å². The Morgan fingerprint density at radius 2 is 1.90 bits per heavy atom. The van der Waals surface area contributed by atoms with Crippen molar-refractivity contribution in [1.29, 1.82) is 0 Å². The van der Waals surface area contributed by atoms with Crippen LogP contribution in [0.15, 0.2) is 23.1 Å². The summed E-state index contributed by atoms with van der Waals surface area (Å²) in [6.45, 7) is 2.01. The second kappa shape index (κ2) is 5.32. The maximum Gasteiger partial charge on any atom is 0.501 e. The first-order chi connectivity index (χ1) is 9.63. The predicted octanol–water partition coefficient (Wildman–Crippen LogP) is 2.27. The van der Waals surface area contributed by atoms with E-state index in [0.717, 1.165) is 17.7 Å². The molecule has 0 bridgehead atoms. The van der Waals surface area contributed by atoms with E-state index in [9.17, 15) is 26.4 Å². The Kier molecular flexibility index (Phi) is 4.01. The lowest BCUT2D eigenvalue weighted by Crippen LogP contribution is -2.28. The van der Waals surface area contributed by atoms with Crippen molar-refractivity contribution in [2.45, 2.75) is 36.7 Å². The Labute approximate surface area is 120 Å². The number of benzene rings is 1. The molecule has 1 aromatic carbocycles. The number of alkyl halides is 3. The SMILES string of the molecule is CC(=O)N1CCCc2ccc(S(=O)(=O)C(F)(F)F)cc2C1. The summed E-state index contributed by atoms with van der Waals surface area (Å²) in [6, 6.07) is 3.40. The van der Waals surface area contributed by atoms with Gasteiger partial charge in [0.05, 0.1) is 4.90 Å². The molecule has 0 radical (unpaired) electrons. The van der Waals surface area contributed by atoms with E-state index in [1.54, 1.807) is 0 Å². The number of halogens is 3. The van der Waals surface area contributed by atoms with Crippen molar-refractivity contribution in [1.82, 2.24) is 4.90 Å². The van der Waals surface area contributed by atoms with E-state index in [1.165, 1.54) is 17.9 Å². The van der Waals surface area contributed by atoms with E-state index in [4.69, 9.17) is 0 Å². The fourth-order valence-electron chi connectivity index (χ4n) is 2.31. The first-order valence-electron chi connectivity index (χ1n) is 6.31. The second-order valence-electron chi connectivity index (χ2n) is 4.92. The first-order valence-corrected chi connectivity index (χ1v) is 7.80. The van der Waals surface area contributed by atoms with Gasteiger partial charge in [-0.2, -0.15) is 13.2 Å². The molecule has 1 heterocycles. The van der Waals surface area contributed by atoms with Crippen molar-refractivity contribution in [3.63, 3.8) is 0 Å². The molecule has 2 rings (SSSR count). The minimum absolute atomic E-state index is 0.131. The van der Waals surface area contributed by atoms with E-state index in [1.807, 2.05) is 0 Å². The summed E-state index contributed by atoms with van der Waals surface area (Å²) in [4.78, 5) is 12.1. The molecule has 1 aliphatic heterocycles. The summed E-state index contributed by atoms with van der Waals surface area (Å²) in [7, 11) is -5.36. The van der Waals surface area contributed by atoms with Crippen LogP contribution < -0.4 is 0 Å². The third-order valence-electron chi connectivity index (χ3n) is 3.47. The van der Waals surface area contributed by atoms with Crippen molar-refractivity contribution >= 4 is 15.7 Å². The van der Waals surface area contributed by atoms with Crippen LogP contribution >= 0.6 is 0 Å². The van der Waals surface area contributed by atoms with E-state index >= 15 is 0 Å². The molecule has 0 saturated heterocycles. The number of fused-ring (bicyclic) bond motifs is 1. The number of carbonyl (C=O) groups excluding carboxylic acids is 1. The van der Waals surface area contributed by atoms with Crippen LogP contribution in [0.3, 0.4) is 0 Å². The molecule has 0 atom stereocenters. The average Bonchev–Trinajstić information content (AvgIpc) is 2.58. The fraction of sp³-hybridized carbons (Fsp3) is 0.462. The van der Waals surface area contributed by atoms with Crippen LogP contribution in [0, 0.1) is 0 Å². The molecule has 1 amide bonds. The van der Waals surface area contributed by atoms with Gasteiger partial charge in [0, 0.05) is 20.0 Å². The van der Waals surface area contributed by atoms with Gasteiger partial charge in [0.1, 0.15) is 0 Å². The summed E-state index contributed by atoms with van der Waals surface area (Å²) in [6.07, 6.45) is 1.30. The van der Waals surface area contributed by atoms with E-state index in [2.05, 4.69) is 0 Å². The third-order valence-corrected chi connectivity index (χ3v) is 4.96. The Morgan fingerprint density at radius 3 is 2.48 bits per heavy atom. The molecule has 116 valence electrons. The minimum atomic E-state index is -5.36. The molecular formula is C13H14F3NO3S. The number of hydrogen-bond donors (Lipinski definition) is 0. The average molecular weight is 321 g/mol. The molecule has 0 unspecified atom stereocenters. The van der Waals surface area contributed by atoms with Gasteiger partial charge >= 0.3 is 5.51 Å². The summed E-state index contributed by atoms with van der Waals surface area (Å²) in [5.74, 6) is -0.188. The maximum atomic E-state index is 12.6. The van der Waals surface area contributed by atoms with Gasteiger partial charge in [0.2, 0.25) is 5.91 Å². The van der Waals surface area contributed by atoms with Gasteiger partial charge in [-0.15, -0.1) is 0 Å². The first kappa shape index (κ1) is 15.8. The van der Waals surface area contributed by atoms with Crippen LogP contribution in [0.1, 0.15) is 24.5 Å². The van der Waals surface area contributed by atoms with Gasteiger partial charge < -0.3 is 4.90 Å². The highest BCUT2D eigenvalue weighted by Gasteiger charge is 2.47. The van der Waals surface area contributed by atoms with Gasteiger partial charge in [-0.25, -0.2) is 8.42 Å². The fourth-order valence-corrected chi connectivity index (χ4v) is 3.12. The highest BCUT2D eigenvalue weighted by atomic mass is 32.2. The highest BCUT2D eigenvalue weighted by Crippen LogP contribution is 2.32. The largest absolute Gasteiger partial charge is 0.501 e. The Bertz CT molecular complexity index is 668. The van der Waals surface area contributed by atoms with Crippen LogP contribution in [0.4, 0.5) is 13.2 Å². The number of aryl methyl sites for hydroxylation is 1. The molecule has 0 aliphatic carbocycles. The number of amides is 1. The standard InChI is InChI=1S/C13H14F3NO3S/c1-9(18)17-6-2-3-10-4-5-12(7-11(10)8-17)21(19,20)13(14,15)16/h4-5,7H,2-3,6,8H2,1H3. The molecule has 0 aromatic heterocycles. The van der Waals surface area contributed by atoms with Crippen molar-refractivity contribution in [3.8, 4) is 0 Å². The quantitative estimate of drug-likeness (QED) is 0.797. The zero-order valence-corrected chi connectivity index (χ0v) is 12.1. The normalized spacial score (nSPS) is 16.3. The van der Waals surface area contributed by atoms with E-state index in [0.29, 0.717) is 24.9 Å². The number of carbonyl (C=O) groups is 1. The van der Waals surface area contributed by atoms with Gasteiger partial charge in [-0.05, 0) is 36.1 Å². The minimum Gasteiger partial charge on any atom is -0.339 e. The molecule has 8 heteroatoms. The molecule has 1 aromatic rings. The number of sulfone groups is 1. The maximum absolute atomic E-state index is 12.6. The van der Waals surface area contributed by atoms with Crippen molar-refractivity contribution in [2.24, 2.45) is 0 Å². The van der Waals surface area contributed by atoms with Crippen LogP contribution in [0.2, 0.25) is 0 Å². The summed E-state index contributed by atoms with van der Waals surface area (Å²) in [5, 5.41) is 0. The molecule has 0 spiro atoms. The van der Waals surface area contributed by atoms with E-state index < -0.39 is 20.2 Å². The van der Waals surface area contributed by atoms with Crippen LogP contribution in [-0.4, -0.2) is 31.3 Å². The predicted molar refractivity (Wildman–Crippen MR) is 69.1 cm³/mol. The third kappa shape index (κ3) is 3.04. The molecule has 0 fully saturated rings. The summed E-state index contributed by atoms with van der Waals surface area (Å²) < 4.78 is 60.6. The monoisotopic (exact) mass is 321 g/mol. The van der Waals surface area contributed by atoms with Gasteiger partial charge in [-0.3, -0.25) is 4.79 Å². The Hall–Kier alpha value is -1.57. The van der Waals surface area contributed by atoms with Crippen molar-refractivity contribution in [2.75, 3.05) is 6.54 Å². The zero-order chi connectivity index (χ0) is 15.8. The molecule has 0 saturated carbocycles. The molecule has 4 nitrogen and oxygen atoms in total. The topological polar surface area (TPSA) is 54.5 Å². The molecule has 1 aliphatic rings. The van der Waals surface area contributed by atoms with Crippen LogP contribution in [-0.2, 0) is 27.6 Å². The highest BCUT2D eigenvalue weighted by molar-refractivity contribution is 7.92. The molecular weight excluding hydrogens is 307 g/mol. The van der Waals surface area contributed by atoms with Gasteiger partial charge in [-0.1, -0.05) is 6.07 Å². The van der Waals surface area contributed by atoms with Crippen molar-refractivity contribution in [3.05, 3.63) is 29.3 Å². The smallest absolute Gasteiger partial charge is 0.339 e. The lowest BCUT2D eigenvalue weighted by molar-refractivity contribution is -0.129. The Balaban J connectivity index is 2.46. The van der Waals surface area contributed by atoms with E-state index in [-0.39, 0.29) is 12.5 Å². The molecule has 21 heavy (non-hydrogen) atoms. The number of nitrogens with zero attached hydrogens (tertiary/aromatic N) is 1. The van der Waals surface area contributed by atoms with Crippen LogP contribution in [0.25, 0.3) is 0 Å².